The van der Waals surface area contributed by atoms with Crippen LogP contribution in [0.4, 0.5) is 4.39 Å². The van der Waals surface area contributed by atoms with Gasteiger partial charge in [-0.3, -0.25) is 4.79 Å². The summed E-state index contributed by atoms with van der Waals surface area (Å²) in [7, 11) is 1.44. The lowest BCUT2D eigenvalue weighted by atomic mass is 9.79. The maximum Gasteiger partial charge on any atom is 0.254 e. The van der Waals surface area contributed by atoms with Crippen molar-refractivity contribution in [2.75, 3.05) is 13.7 Å². The van der Waals surface area contributed by atoms with E-state index in [1.807, 2.05) is 24.3 Å². The molecule has 0 bridgehead atoms. The smallest absolute Gasteiger partial charge is 0.254 e. The van der Waals surface area contributed by atoms with Crippen LogP contribution in [0.25, 0.3) is 0 Å². The molecule has 1 amide bonds. The number of halogens is 1. The Morgan fingerprint density at radius 3 is 2.88 bits per heavy atom. The molecule has 24 heavy (non-hydrogen) atoms. The molecule has 2 aromatic carbocycles. The topological polar surface area (TPSA) is 58.6 Å². The number of hydrogen-bond donors (Lipinski definition) is 2. The number of methoxy groups -OCH3 is 1. The predicted molar refractivity (Wildman–Crippen MR) is 88.6 cm³/mol. The van der Waals surface area contributed by atoms with Crippen molar-refractivity contribution in [3.8, 4) is 5.75 Å². The maximum atomic E-state index is 14.0. The van der Waals surface area contributed by atoms with Crippen LogP contribution in [-0.4, -0.2) is 24.7 Å². The Labute approximate surface area is 140 Å². The molecule has 3 rings (SSSR count). The zero-order valence-corrected chi connectivity index (χ0v) is 13.5. The predicted octanol–water partition coefficient (Wildman–Crippen LogP) is 2.79. The molecule has 0 radical (unpaired) electrons. The Bertz CT molecular complexity index is 762. The van der Waals surface area contributed by atoms with E-state index in [1.54, 1.807) is 0 Å². The number of fused-ring (bicyclic) bond motifs is 1. The lowest BCUT2D eigenvalue weighted by Gasteiger charge is -2.34. The van der Waals surface area contributed by atoms with Crippen molar-refractivity contribution in [3.05, 3.63) is 65.0 Å². The Kier molecular flexibility index (Phi) is 4.53. The third kappa shape index (κ3) is 3.12. The van der Waals surface area contributed by atoms with Crippen LogP contribution in [0.1, 0.15) is 34.3 Å². The maximum absolute atomic E-state index is 14.0. The highest BCUT2D eigenvalue weighted by Gasteiger charge is 2.34. The first-order chi connectivity index (χ1) is 11.5. The standard InChI is InChI=1S/C19H20FNO3/c1-24-14-8-9-15(17(20)11-14)18(22)21-12-19(23)10-4-6-13-5-2-3-7-16(13)19/h2-3,5,7-9,11,23H,4,6,10,12H2,1H3,(H,21,22). The number of benzene rings is 2. The van der Waals surface area contributed by atoms with Crippen LogP contribution < -0.4 is 10.1 Å². The van der Waals surface area contributed by atoms with Crippen LogP contribution in [0.5, 0.6) is 5.75 Å². The van der Waals surface area contributed by atoms with Crippen molar-refractivity contribution in [3.63, 3.8) is 0 Å². The van der Waals surface area contributed by atoms with Crippen LogP contribution >= 0.6 is 0 Å². The van der Waals surface area contributed by atoms with E-state index in [9.17, 15) is 14.3 Å². The van der Waals surface area contributed by atoms with Gasteiger partial charge in [0.05, 0.1) is 19.2 Å². The summed E-state index contributed by atoms with van der Waals surface area (Å²) < 4.78 is 18.9. The number of hydrogen-bond acceptors (Lipinski definition) is 3. The molecule has 4 nitrogen and oxygen atoms in total. The van der Waals surface area contributed by atoms with E-state index < -0.39 is 17.3 Å². The van der Waals surface area contributed by atoms with Crippen molar-refractivity contribution in [1.82, 2.24) is 5.32 Å². The van der Waals surface area contributed by atoms with Crippen LogP contribution in [0.15, 0.2) is 42.5 Å². The van der Waals surface area contributed by atoms with E-state index in [1.165, 1.54) is 25.3 Å². The normalized spacial score (nSPS) is 19.5. The zero-order chi connectivity index (χ0) is 17.2. The fourth-order valence-corrected chi connectivity index (χ4v) is 3.21. The zero-order valence-electron chi connectivity index (χ0n) is 13.5. The Morgan fingerprint density at radius 2 is 2.12 bits per heavy atom. The molecule has 0 heterocycles. The van der Waals surface area contributed by atoms with Crippen molar-refractivity contribution in [2.24, 2.45) is 0 Å². The minimum absolute atomic E-state index is 0.0499. The first-order valence-corrected chi connectivity index (χ1v) is 7.96. The Balaban J connectivity index is 1.75. The van der Waals surface area contributed by atoms with Gasteiger partial charge in [-0.05, 0) is 42.5 Å². The molecular formula is C19H20FNO3. The summed E-state index contributed by atoms with van der Waals surface area (Å²) in [5, 5.41) is 13.6. The molecule has 1 aliphatic rings. The van der Waals surface area contributed by atoms with Gasteiger partial charge < -0.3 is 15.2 Å². The first kappa shape index (κ1) is 16.5. The lowest BCUT2D eigenvalue weighted by Crippen LogP contribution is -2.43. The Hall–Kier alpha value is -2.40. The average molecular weight is 329 g/mol. The van der Waals surface area contributed by atoms with E-state index >= 15 is 0 Å². The van der Waals surface area contributed by atoms with Gasteiger partial charge in [-0.25, -0.2) is 4.39 Å². The fraction of sp³-hybridized carbons (Fsp3) is 0.316. The van der Waals surface area contributed by atoms with Crippen molar-refractivity contribution >= 4 is 5.91 Å². The summed E-state index contributed by atoms with van der Waals surface area (Å²) in [6.07, 6.45) is 2.33. The largest absolute Gasteiger partial charge is 0.497 e. The summed E-state index contributed by atoms with van der Waals surface area (Å²) in [6, 6.07) is 11.8. The van der Waals surface area contributed by atoms with Crippen LogP contribution in [0.2, 0.25) is 0 Å². The molecule has 0 spiro atoms. The first-order valence-electron chi connectivity index (χ1n) is 7.96. The van der Waals surface area contributed by atoms with Crippen LogP contribution in [0, 0.1) is 5.82 Å². The minimum Gasteiger partial charge on any atom is -0.497 e. The molecule has 0 saturated carbocycles. The number of aryl methyl sites for hydroxylation is 1. The summed E-state index contributed by atoms with van der Waals surface area (Å²) in [6.45, 7) is 0.0499. The monoisotopic (exact) mass is 329 g/mol. The van der Waals surface area contributed by atoms with E-state index in [4.69, 9.17) is 4.74 Å². The summed E-state index contributed by atoms with van der Waals surface area (Å²) in [5.41, 5.74) is 0.749. The van der Waals surface area contributed by atoms with Gasteiger partial charge in [0.1, 0.15) is 17.2 Å². The molecule has 126 valence electrons. The number of amides is 1. The highest BCUT2D eigenvalue weighted by Crippen LogP contribution is 2.34. The molecule has 2 aromatic rings. The quantitative estimate of drug-likeness (QED) is 0.907. The number of carbonyl (C=O) groups excluding carboxylic acids is 1. The third-order valence-electron chi connectivity index (χ3n) is 4.52. The van der Waals surface area contributed by atoms with E-state index in [-0.39, 0.29) is 12.1 Å². The van der Waals surface area contributed by atoms with Crippen molar-refractivity contribution in [2.45, 2.75) is 24.9 Å². The second-order valence-electron chi connectivity index (χ2n) is 6.07. The van der Waals surface area contributed by atoms with Gasteiger partial charge in [0, 0.05) is 6.07 Å². The summed E-state index contributed by atoms with van der Waals surface area (Å²) >= 11 is 0. The molecule has 5 heteroatoms. The highest BCUT2D eigenvalue weighted by atomic mass is 19.1. The van der Waals surface area contributed by atoms with E-state index in [2.05, 4.69) is 5.32 Å². The molecule has 2 N–H and O–H groups in total. The van der Waals surface area contributed by atoms with Crippen LogP contribution in [0.3, 0.4) is 0 Å². The molecule has 1 aliphatic carbocycles. The lowest BCUT2D eigenvalue weighted by molar-refractivity contribution is 0.0189. The molecule has 0 aliphatic heterocycles. The third-order valence-corrected chi connectivity index (χ3v) is 4.52. The van der Waals surface area contributed by atoms with Crippen molar-refractivity contribution < 1.29 is 19.0 Å². The van der Waals surface area contributed by atoms with Gasteiger partial charge in [0.2, 0.25) is 0 Å². The minimum atomic E-state index is -1.12. The molecule has 1 atom stereocenters. The number of nitrogens with one attached hydrogen (secondary N) is 1. The SMILES string of the molecule is COc1ccc(C(=O)NCC2(O)CCCc3ccccc32)c(F)c1. The van der Waals surface area contributed by atoms with Gasteiger partial charge >= 0.3 is 0 Å². The van der Waals surface area contributed by atoms with Gasteiger partial charge in [-0.2, -0.15) is 0 Å². The molecule has 0 aromatic heterocycles. The van der Waals surface area contributed by atoms with Gasteiger partial charge in [0.25, 0.3) is 5.91 Å². The Morgan fingerprint density at radius 1 is 1.33 bits per heavy atom. The second kappa shape index (κ2) is 6.61. The molecular weight excluding hydrogens is 309 g/mol. The summed E-state index contributed by atoms with van der Waals surface area (Å²) in [5.74, 6) is -0.849. The molecule has 0 saturated heterocycles. The van der Waals surface area contributed by atoms with Gasteiger partial charge in [-0.15, -0.1) is 0 Å². The molecule has 0 fully saturated rings. The van der Waals surface area contributed by atoms with Crippen molar-refractivity contribution in [1.29, 1.82) is 0 Å². The number of aliphatic hydroxyl groups is 1. The number of ether oxygens (including phenoxy) is 1. The van der Waals surface area contributed by atoms with Gasteiger partial charge in [0.15, 0.2) is 0 Å². The average Bonchev–Trinajstić information content (AvgIpc) is 2.60. The van der Waals surface area contributed by atoms with Crippen LogP contribution in [-0.2, 0) is 12.0 Å². The van der Waals surface area contributed by atoms with E-state index in [0.29, 0.717) is 12.2 Å². The second-order valence-corrected chi connectivity index (χ2v) is 6.07. The molecule has 1 unspecified atom stereocenters. The fourth-order valence-electron chi connectivity index (χ4n) is 3.21. The highest BCUT2D eigenvalue weighted by molar-refractivity contribution is 5.94. The number of carbonyl (C=O) groups is 1. The number of rotatable bonds is 4. The summed E-state index contributed by atoms with van der Waals surface area (Å²) in [4.78, 5) is 12.3. The van der Waals surface area contributed by atoms with Gasteiger partial charge in [-0.1, -0.05) is 24.3 Å². The van der Waals surface area contributed by atoms with E-state index in [0.717, 1.165) is 24.0 Å².